The van der Waals surface area contributed by atoms with E-state index in [9.17, 15) is 19.1 Å². The number of ketones is 1. The highest BCUT2D eigenvalue weighted by Gasteiger charge is 2.22. The lowest BCUT2D eigenvalue weighted by Gasteiger charge is -2.36. The Labute approximate surface area is 151 Å². The monoisotopic (exact) mass is 356 g/mol. The number of phenols is 1. The fourth-order valence-electron chi connectivity index (χ4n) is 3.04. The van der Waals surface area contributed by atoms with Crippen LogP contribution in [0.5, 0.6) is 5.75 Å². The number of piperazine rings is 1. The molecule has 0 bridgehead atoms. The van der Waals surface area contributed by atoms with Crippen LogP contribution in [0, 0.1) is 5.82 Å². The van der Waals surface area contributed by atoms with E-state index in [4.69, 9.17) is 0 Å². The summed E-state index contributed by atoms with van der Waals surface area (Å²) in [6, 6.07) is 12.4. The van der Waals surface area contributed by atoms with Crippen LogP contribution in [0.15, 0.2) is 48.5 Å². The van der Waals surface area contributed by atoms with E-state index in [2.05, 4.69) is 4.90 Å². The van der Waals surface area contributed by atoms with Crippen LogP contribution in [-0.2, 0) is 4.79 Å². The van der Waals surface area contributed by atoms with Crippen molar-refractivity contribution in [2.24, 2.45) is 0 Å². The molecule has 5 nitrogen and oxygen atoms in total. The molecule has 0 aromatic heterocycles. The van der Waals surface area contributed by atoms with Crippen molar-refractivity contribution < 1.29 is 19.1 Å². The van der Waals surface area contributed by atoms with Crippen molar-refractivity contribution in [3.05, 3.63) is 59.9 Å². The Hall–Kier alpha value is -2.89. The van der Waals surface area contributed by atoms with Crippen LogP contribution >= 0.6 is 0 Å². The minimum absolute atomic E-state index is 0.0363. The van der Waals surface area contributed by atoms with E-state index >= 15 is 0 Å². The summed E-state index contributed by atoms with van der Waals surface area (Å²) < 4.78 is 12.9. The average Bonchev–Trinajstić information content (AvgIpc) is 2.67. The molecule has 6 heteroatoms. The molecule has 1 fully saturated rings. The Balaban J connectivity index is 1.47. The molecule has 1 amide bonds. The van der Waals surface area contributed by atoms with Crippen LogP contribution < -0.4 is 4.90 Å². The molecule has 136 valence electrons. The predicted octanol–water partition coefficient (Wildman–Crippen LogP) is 2.84. The third kappa shape index (κ3) is 4.39. The van der Waals surface area contributed by atoms with Gasteiger partial charge in [-0.1, -0.05) is 0 Å². The molecule has 1 N–H and O–H groups in total. The van der Waals surface area contributed by atoms with Gasteiger partial charge in [0.2, 0.25) is 5.91 Å². The normalized spacial score (nSPS) is 14.3. The summed E-state index contributed by atoms with van der Waals surface area (Å²) in [5, 5.41) is 9.35. The molecule has 0 saturated carbocycles. The van der Waals surface area contributed by atoms with Gasteiger partial charge in [-0.15, -0.1) is 0 Å². The summed E-state index contributed by atoms with van der Waals surface area (Å²) >= 11 is 0. The molecule has 1 aliphatic rings. The molecule has 2 aromatic carbocycles. The lowest BCUT2D eigenvalue weighted by molar-refractivity contribution is -0.131. The first-order chi connectivity index (χ1) is 12.5. The van der Waals surface area contributed by atoms with Crippen LogP contribution in [0.2, 0.25) is 0 Å². The van der Waals surface area contributed by atoms with Crippen LogP contribution in [0.3, 0.4) is 0 Å². The number of rotatable bonds is 5. The number of anilines is 1. The summed E-state index contributed by atoms with van der Waals surface area (Å²) in [5.74, 6) is -0.343. The Morgan fingerprint density at radius 1 is 0.885 bits per heavy atom. The van der Waals surface area contributed by atoms with Crippen molar-refractivity contribution in [1.29, 1.82) is 0 Å². The first kappa shape index (κ1) is 17.9. The molecule has 26 heavy (non-hydrogen) atoms. The van der Waals surface area contributed by atoms with Crippen LogP contribution in [-0.4, -0.2) is 47.9 Å². The lowest BCUT2D eigenvalue weighted by Crippen LogP contribution is -2.48. The SMILES string of the molecule is O=C(CCC(=O)N1CCN(c2ccc(O)cc2)CC1)c1ccc(F)cc1. The Morgan fingerprint density at radius 2 is 1.50 bits per heavy atom. The number of carbonyl (C=O) groups is 2. The van der Waals surface area contributed by atoms with Gasteiger partial charge in [0.05, 0.1) is 0 Å². The minimum Gasteiger partial charge on any atom is -0.508 e. The molecule has 0 unspecified atom stereocenters. The van der Waals surface area contributed by atoms with Gasteiger partial charge in [0, 0.05) is 50.3 Å². The molecule has 3 rings (SSSR count). The highest BCUT2D eigenvalue weighted by molar-refractivity contribution is 5.97. The zero-order valence-corrected chi connectivity index (χ0v) is 14.4. The largest absolute Gasteiger partial charge is 0.508 e. The number of hydrogen-bond acceptors (Lipinski definition) is 4. The maximum Gasteiger partial charge on any atom is 0.223 e. The number of benzene rings is 2. The highest BCUT2D eigenvalue weighted by atomic mass is 19.1. The second kappa shape index (κ2) is 7.99. The summed E-state index contributed by atoms with van der Waals surface area (Å²) in [5.41, 5.74) is 1.44. The molecular weight excluding hydrogens is 335 g/mol. The molecule has 2 aromatic rings. The summed E-state index contributed by atoms with van der Waals surface area (Å²) in [6.07, 6.45) is 0.290. The Morgan fingerprint density at radius 3 is 2.12 bits per heavy atom. The standard InChI is InChI=1S/C20H21FN2O3/c21-16-3-1-15(2-4-16)19(25)9-10-20(26)23-13-11-22(12-14-23)17-5-7-18(24)8-6-17/h1-8,24H,9-14H2. The number of amides is 1. The number of aromatic hydroxyl groups is 1. The van der Waals surface area contributed by atoms with Crippen LogP contribution in [0.1, 0.15) is 23.2 Å². The van der Waals surface area contributed by atoms with Gasteiger partial charge in [-0.2, -0.15) is 0 Å². The number of hydrogen-bond donors (Lipinski definition) is 1. The van der Waals surface area contributed by atoms with Gasteiger partial charge in [0.15, 0.2) is 5.78 Å². The van der Waals surface area contributed by atoms with Crippen molar-refractivity contribution in [1.82, 2.24) is 4.90 Å². The van der Waals surface area contributed by atoms with E-state index < -0.39 is 0 Å². The van der Waals surface area contributed by atoms with Crippen molar-refractivity contribution in [2.45, 2.75) is 12.8 Å². The van der Waals surface area contributed by atoms with E-state index in [1.807, 2.05) is 12.1 Å². The van der Waals surface area contributed by atoms with E-state index in [0.717, 1.165) is 5.69 Å². The van der Waals surface area contributed by atoms with Gasteiger partial charge in [0.1, 0.15) is 11.6 Å². The minimum atomic E-state index is -0.385. The highest BCUT2D eigenvalue weighted by Crippen LogP contribution is 2.20. The van der Waals surface area contributed by atoms with Gasteiger partial charge in [-0.3, -0.25) is 9.59 Å². The van der Waals surface area contributed by atoms with Gasteiger partial charge < -0.3 is 14.9 Å². The summed E-state index contributed by atoms with van der Waals surface area (Å²) in [7, 11) is 0. The molecule has 0 atom stereocenters. The van der Waals surface area contributed by atoms with Crippen molar-refractivity contribution in [3.63, 3.8) is 0 Å². The van der Waals surface area contributed by atoms with E-state index in [0.29, 0.717) is 31.7 Å². The fourth-order valence-corrected chi connectivity index (χ4v) is 3.04. The van der Waals surface area contributed by atoms with E-state index in [-0.39, 0.29) is 36.1 Å². The smallest absolute Gasteiger partial charge is 0.223 e. The molecule has 0 spiro atoms. The number of nitrogens with zero attached hydrogens (tertiary/aromatic N) is 2. The van der Waals surface area contributed by atoms with Gasteiger partial charge >= 0.3 is 0 Å². The molecule has 1 aliphatic heterocycles. The number of carbonyl (C=O) groups excluding carboxylic acids is 2. The third-order valence-electron chi connectivity index (χ3n) is 4.58. The maximum atomic E-state index is 12.9. The first-order valence-electron chi connectivity index (χ1n) is 8.63. The summed E-state index contributed by atoms with van der Waals surface area (Å²) in [4.78, 5) is 28.4. The first-order valence-corrected chi connectivity index (χ1v) is 8.63. The average molecular weight is 356 g/mol. The third-order valence-corrected chi connectivity index (χ3v) is 4.58. The van der Waals surface area contributed by atoms with Crippen molar-refractivity contribution in [2.75, 3.05) is 31.1 Å². The molecular formula is C20H21FN2O3. The van der Waals surface area contributed by atoms with E-state index in [1.54, 1.807) is 17.0 Å². The Kier molecular flexibility index (Phi) is 5.51. The number of phenolic OH excluding ortho intramolecular Hbond substituents is 1. The summed E-state index contributed by atoms with van der Waals surface area (Å²) in [6.45, 7) is 2.62. The van der Waals surface area contributed by atoms with Gasteiger partial charge in [-0.25, -0.2) is 4.39 Å². The van der Waals surface area contributed by atoms with Gasteiger partial charge in [-0.05, 0) is 48.5 Å². The predicted molar refractivity (Wildman–Crippen MR) is 96.9 cm³/mol. The number of Topliss-reactive ketones (excluding diaryl/α,β-unsaturated/α-hetero) is 1. The maximum absolute atomic E-state index is 12.9. The zero-order valence-electron chi connectivity index (χ0n) is 14.4. The zero-order chi connectivity index (χ0) is 18.5. The fraction of sp³-hybridized carbons (Fsp3) is 0.300. The number of halogens is 1. The lowest BCUT2D eigenvalue weighted by atomic mass is 10.1. The Bertz CT molecular complexity index is 767. The molecule has 1 heterocycles. The molecule has 0 aliphatic carbocycles. The molecule has 1 saturated heterocycles. The topological polar surface area (TPSA) is 60.9 Å². The molecule has 0 radical (unpaired) electrons. The van der Waals surface area contributed by atoms with E-state index in [1.165, 1.54) is 24.3 Å². The quantitative estimate of drug-likeness (QED) is 0.837. The van der Waals surface area contributed by atoms with Crippen LogP contribution in [0.4, 0.5) is 10.1 Å². The second-order valence-corrected chi connectivity index (χ2v) is 6.31. The van der Waals surface area contributed by atoms with Crippen molar-refractivity contribution >= 4 is 17.4 Å². The second-order valence-electron chi connectivity index (χ2n) is 6.31. The van der Waals surface area contributed by atoms with Crippen molar-refractivity contribution in [3.8, 4) is 5.75 Å². The van der Waals surface area contributed by atoms with Gasteiger partial charge in [0.25, 0.3) is 0 Å². The van der Waals surface area contributed by atoms with Crippen LogP contribution in [0.25, 0.3) is 0 Å².